The van der Waals surface area contributed by atoms with Crippen molar-refractivity contribution in [2.45, 2.75) is 25.9 Å². The first-order valence-electron chi connectivity index (χ1n) is 5.63. The van der Waals surface area contributed by atoms with Crippen LogP contribution in [0.1, 0.15) is 25.8 Å². The van der Waals surface area contributed by atoms with Crippen LogP contribution in [0.25, 0.3) is 0 Å². The second kappa shape index (κ2) is 5.35. The maximum absolute atomic E-state index is 13.6. The molecule has 0 amide bonds. The van der Waals surface area contributed by atoms with Crippen LogP contribution in [-0.2, 0) is 10.4 Å². The van der Waals surface area contributed by atoms with E-state index in [1.165, 1.54) is 26.2 Å². The number of carboxylic acids is 1. The molecule has 0 saturated heterocycles. The maximum atomic E-state index is 13.6. The zero-order valence-electron chi connectivity index (χ0n) is 10.6. The molecule has 1 aromatic carbocycles. The molecule has 0 aliphatic rings. The highest BCUT2D eigenvalue weighted by molar-refractivity contribution is 5.71. The van der Waals surface area contributed by atoms with Crippen LogP contribution in [0.4, 0.5) is 4.39 Å². The summed E-state index contributed by atoms with van der Waals surface area (Å²) in [4.78, 5) is 11.1. The summed E-state index contributed by atoms with van der Waals surface area (Å²) in [6, 6.07) is 3.94. The molecule has 18 heavy (non-hydrogen) atoms. The fourth-order valence-corrected chi connectivity index (χ4v) is 1.99. The topological polar surface area (TPSA) is 66.8 Å². The zero-order chi connectivity index (χ0) is 13.9. The van der Waals surface area contributed by atoms with Crippen LogP contribution in [0, 0.1) is 11.7 Å². The summed E-state index contributed by atoms with van der Waals surface area (Å²) < 4.78 is 18.3. The molecule has 0 aromatic heterocycles. The fourth-order valence-electron chi connectivity index (χ4n) is 1.99. The van der Waals surface area contributed by atoms with Crippen LogP contribution >= 0.6 is 0 Å². The Hall–Kier alpha value is -1.62. The Morgan fingerprint density at radius 1 is 1.56 bits per heavy atom. The van der Waals surface area contributed by atoms with E-state index in [-0.39, 0.29) is 17.7 Å². The summed E-state index contributed by atoms with van der Waals surface area (Å²) in [6.45, 7) is 3.03. The number of halogens is 1. The van der Waals surface area contributed by atoms with Gasteiger partial charge in [0.15, 0.2) is 11.6 Å². The number of carboxylic acid groups (broad SMARTS) is 1. The molecular formula is C13H17FO4. The molecule has 0 fully saturated rings. The van der Waals surface area contributed by atoms with Crippen LogP contribution in [0.2, 0.25) is 0 Å². The van der Waals surface area contributed by atoms with E-state index in [9.17, 15) is 14.3 Å². The Bertz CT molecular complexity index is 443. The van der Waals surface area contributed by atoms with Crippen LogP contribution in [-0.4, -0.2) is 23.3 Å². The van der Waals surface area contributed by atoms with E-state index in [0.29, 0.717) is 0 Å². The maximum Gasteiger partial charge on any atom is 0.309 e. The van der Waals surface area contributed by atoms with Gasteiger partial charge >= 0.3 is 5.97 Å². The minimum absolute atomic E-state index is 0.0536. The van der Waals surface area contributed by atoms with Gasteiger partial charge in [0, 0.05) is 0 Å². The molecule has 0 bridgehead atoms. The minimum atomic E-state index is -1.63. The molecule has 1 aromatic rings. The van der Waals surface area contributed by atoms with Crippen LogP contribution in [0.3, 0.4) is 0 Å². The standard InChI is InChI=1S/C13H17FO4/c1-4-9(12(15)16)13(2,17)8-5-6-11(18-3)10(14)7-8/h5-7,9,17H,4H2,1-3H3,(H,15,16). The van der Waals surface area contributed by atoms with E-state index in [4.69, 9.17) is 9.84 Å². The smallest absolute Gasteiger partial charge is 0.309 e. The van der Waals surface area contributed by atoms with Gasteiger partial charge in [0.1, 0.15) is 5.60 Å². The number of methoxy groups -OCH3 is 1. The van der Waals surface area contributed by atoms with E-state index >= 15 is 0 Å². The van der Waals surface area contributed by atoms with Crippen LogP contribution in [0.5, 0.6) is 5.75 Å². The molecule has 5 heteroatoms. The molecule has 0 aliphatic heterocycles. The number of aliphatic carboxylic acids is 1. The van der Waals surface area contributed by atoms with Crippen molar-refractivity contribution in [3.8, 4) is 5.75 Å². The SMILES string of the molecule is CCC(C(=O)O)C(C)(O)c1ccc(OC)c(F)c1. The van der Waals surface area contributed by atoms with Crippen molar-refractivity contribution in [2.75, 3.05) is 7.11 Å². The number of aliphatic hydroxyl groups is 1. The molecule has 2 N–H and O–H groups in total. The number of hydrogen-bond acceptors (Lipinski definition) is 3. The third kappa shape index (κ3) is 2.61. The second-order valence-electron chi connectivity index (χ2n) is 4.30. The molecule has 2 atom stereocenters. The summed E-state index contributed by atoms with van der Waals surface area (Å²) in [5.74, 6) is -2.68. The fraction of sp³-hybridized carbons (Fsp3) is 0.462. The van der Waals surface area contributed by atoms with Gasteiger partial charge < -0.3 is 14.9 Å². The summed E-state index contributed by atoms with van der Waals surface area (Å²) in [7, 11) is 1.34. The zero-order valence-corrected chi connectivity index (χ0v) is 10.6. The first-order valence-corrected chi connectivity index (χ1v) is 5.63. The number of benzene rings is 1. The van der Waals surface area contributed by atoms with Gasteiger partial charge in [-0.05, 0) is 31.0 Å². The van der Waals surface area contributed by atoms with Crippen molar-refractivity contribution >= 4 is 5.97 Å². The van der Waals surface area contributed by atoms with Gasteiger partial charge in [-0.3, -0.25) is 4.79 Å². The molecule has 0 spiro atoms. The molecule has 100 valence electrons. The number of rotatable bonds is 5. The molecule has 4 nitrogen and oxygen atoms in total. The third-order valence-electron chi connectivity index (χ3n) is 3.12. The van der Waals surface area contributed by atoms with Crippen molar-refractivity contribution < 1.29 is 24.1 Å². The van der Waals surface area contributed by atoms with E-state index in [2.05, 4.69) is 0 Å². The molecule has 0 heterocycles. The van der Waals surface area contributed by atoms with Gasteiger partial charge in [0.05, 0.1) is 13.0 Å². The lowest BCUT2D eigenvalue weighted by Crippen LogP contribution is -2.36. The number of ether oxygens (including phenoxy) is 1. The van der Waals surface area contributed by atoms with E-state index < -0.39 is 23.3 Å². The van der Waals surface area contributed by atoms with Crippen LogP contribution < -0.4 is 4.74 Å². The molecule has 0 saturated carbocycles. The van der Waals surface area contributed by atoms with E-state index in [0.717, 1.165) is 6.07 Å². The van der Waals surface area contributed by atoms with Gasteiger partial charge in [-0.1, -0.05) is 13.0 Å². The highest BCUT2D eigenvalue weighted by Crippen LogP contribution is 2.33. The van der Waals surface area contributed by atoms with Crippen molar-refractivity contribution in [1.29, 1.82) is 0 Å². The normalized spacial score (nSPS) is 15.8. The van der Waals surface area contributed by atoms with Crippen molar-refractivity contribution in [3.05, 3.63) is 29.6 Å². The van der Waals surface area contributed by atoms with E-state index in [1.54, 1.807) is 6.92 Å². The van der Waals surface area contributed by atoms with Gasteiger partial charge in [0.2, 0.25) is 0 Å². The van der Waals surface area contributed by atoms with Crippen molar-refractivity contribution in [1.82, 2.24) is 0 Å². The Kier molecular flexibility index (Phi) is 4.29. The average Bonchev–Trinajstić information content (AvgIpc) is 2.28. The molecule has 1 rings (SSSR count). The summed E-state index contributed by atoms with van der Waals surface area (Å²) >= 11 is 0. The first kappa shape index (κ1) is 14.4. The van der Waals surface area contributed by atoms with Crippen molar-refractivity contribution in [3.63, 3.8) is 0 Å². The molecule has 0 radical (unpaired) electrons. The highest BCUT2D eigenvalue weighted by Gasteiger charge is 2.38. The molecule has 2 unspecified atom stereocenters. The predicted octanol–water partition coefficient (Wildman–Crippen LogP) is 2.15. The predicted molar refractivity (Wildman–Crippen MR) is 63.9 cm³/mol. The molecular weight excluding hydrogens is 239 g/mol. The largest absolute Gasteiger partial charge is 0.494 e. The summed E-state index contributed by atoms with van der Waals surface area (Å²) in [6.07, 6.45) is 0.246. The Morgan fingerprint density at radius 2 is 2.17 bits per heavy atom. The Labute approximate surface area is 105 Å². The summed E-state index contributed by atoms with van der Waals surface area (Å²) in [5.41, 5.74) is -1.41. The van der Waals surface area contributed by atoms with Crippen molar-refractivity contribution in [2.24, 2.45) is 5.92 Å². The van der Waals surface area contributed by atoms with E-state index in [1.807, 2.05) is 0 Å². The van der Waals surface area contributed by atoms with Gasteiger partial charge in [0.25, 0.3) is 0 Å². The van der Waals surface area contributed by atoms with Gasteiger partial charge in [-0.2, -0.15) is 0 Å². The minimum Gasteiger partial charge on any atom is -0.494 e. The quantitative estimate of drug-likeness (QED) is 0.847. The average molecular weight is 256 g/mol. The number of carbonyl (C=O) groups is 1. The van der Waals surface area contributed by atoms with Crippen LogP contribution in [0.15, 0.2) is 18.2 Å². The highest BCUT2D eigenvalue weighted by atomic mass is 19.1. The number of hydrogen-bond donors (Lipinski definition) is 2. The Morgan fingerprint density at radius 3 is 2.56 bits per heavy atom. The summed E-state index contributed by atoms with van der Waals surface area (Å²) in [5, 5.41) is 19.4. The molecule has 0 aliphatic carbocycles. The monoisotopic (exact) mass is 256 g/mol. The third-order valence-corrected chi connectivity index (χ3v) is 3.12. The van der Waals surface area contributed by atoms with Gasteiger partial charge in [-0.15, -0.1) is 0 Å². The second-order valence-corrected chi connectivity index (χ2v) is 4.30. The Balaban J connectivity index is 3.19. The first-order chi connectivity index (χ1) is 8.34. The van der Waals surface area contributed by atoms with Gasteiger partial charge in [-0.25, -0.2) is 4.39 Å². The lowest BCUT2D eigenvalue weighted by molar-refractivity contribution is -0.152. The lowest BCUT2D eigenvalue weighted by Gasteiger charge is -2.30. The lowest BCUT2D eigenvalue weighted by atomic mass is 9.81.